The van der Waals surface area contributed by atoms with E-state index in [0.29, 0.717) is 6.10 Å². The Morgan fingerprint density at radius 2 is 2.00 bits per heavy atom. The number of hydrogen-bond donors (Lipinski definition) is 0. The Labute approximate surface area is 96.5 Å². The Kier molecular flexibility index (Phi) is 2.66. The van der Waals surface area contributed by atoms with Crippen molar-refractivity contribution < 1.29 is 4.84 Å². The molecule has 1 aliphatic heterocycles. The van der Waals surface area contributed by atoms with Crippen LogP contribution >= 0.6 is 0 Å². The Bertz CT molecular complexity index is 385. The number of benzene rings is 1. The Balaban J connectivity index is 1.79. The van der Waals surface area contributed by atoms with Gasteiger partial charge in [-0.25, -0.2) is 5.06 Å². The highest BCUT2D eigenvalue weighted by Crippen LogP contribution is 2.31. The van der Waals surface area contributed by atoms with Crippen molar-refractivity contribution >= 4 is 5.69 Å². The molecule has 1 aliphatic carbocycles. The fraction of sp³-hybridized carbons (Fsp3) is 0.429. The van der Waals surface area contributed by atoms with E-state index in [1.165, 1.54) is 31.3 Å². The Morgan fingerprint density at radius 1 is 1.12 bits per heavy atom. The highest BCUT2D eigenvalue weighted by atomic mass is 16.7. The van der Waals surface area contributed by atoms with Gasteiger partial charge in [-0.2, -0.15) is 0 Å². The molecule has 2 heteroatoms. The van der Waals surface area contributed by atoms with Crippen LogP contribution in [0, 0.1) is 0 Å². The van der Waals surface area contributed by atoms with Crippen LogP contribution in [0.1, 0.15) is 25.7 Å². The van der Waals surface area contributed by atoms with E-state index < -0.39 is 0 Å². The molecule has 0 radical (unpaired) electrons. The number of anilines is 1. The molecule has 16 heavy (non-hydrogen) atoms. The van der Waals surface area contributed by atoms with Crippen LogP contribution < -0.4 is 5.06 Å². The van der Waals surface area contributed by atoms with E-state index in [4.69, 9.17) is 4.84 Å². The average Bonchev–Trinajstić information content (AvgIpc) is 2.39. The van der Waals surface area contributed by atoms with E-state index in [2.05, 4.69) is 30.3 Å². The highest BCUT2D eigenvalue weighted by Gasteiger charge is 2.26. The van der Waals surface area contributed by atoms with Crippen molar-refractivity contribution in [2.75, 3.05) is 11.6 Å². The zero-order chi connectivity index (χ0) is 10.8. The molecular formula is C14H17NO. The number of nitrogens with zero attached hydrogens (tertiary/aromatic N) is 1. The topological polar surface area (TPSA) is 12.5 Å². The zero-order valence-corrected chi connectivity index (χ0v) is 9.43. The summed E-state index contributed by atoms with van der Waals surface area (Å²) in [5.74, 6) is 0. The molecule has 0 bridgehead atoms. The SMILES string of the molecule is C1=C2CCCC[C@H]2ON(c2ccccc2)C1. The summed E-state index contributed by atoms with van der Waals surface area (Å²) in [5.41, 5.74) is 2.67. The van der Waals surface area contributed by atoms with Crippen LogP contribution in [0.4, 0.5) is 5.69 Å². The van der Waals surface area contributed by atoms with Gasteiger partial charge in [-0.05, 0) is 37.0 Å². The van der Waals surface area contributed by atoms with E-state index in [1.54, 1.807) is 0 Å². The summed E-state index contributed by atoms with van der Waals surface area (Å²) in [5, 5.41) is 2.01. The van der Waals surface area contributed by atoms with Crippen molar-refractivity contribution in [1.82, 2.24) is 0 Å². The monoisotopic (exact) mass is 215 g/mol. The van der Waals surface area contributed by atoms with Gasteiger partial charge in [0.1, 0.15) is 6.10 Å². The van der Waals surface area contributed by atoms with Gasteiger partial charge in [-0.15, -0.1) is 0 Å². The van der Waals surface area contributed by atoms with Gasteiger partial charge in [0, 0.05) is 0 Å². The largest absolute Gasteiger partial charge is 0.265 e. The summed E-state index contributed by atoms with van der Waals surface area (Å²) in [6.45, 7) is 0.885. The fourth-order valence-electron chi connectivity index (χ4n) is 2.52. The van der Waals surface area contributed by atoms with Gasteiger partial charge < -0.3 is 0 Å². The number of hydroxylamine groups is 1. The summed E-state index contributed by atoms with van der Waals surface area (Å²) in [6.07, 6.45) is 7.72. The number of para-hydroxylation sites is 1. The van der Waals surface area contributed by atoms with Crippen molar-refractivity contribution in [3.05, 3.63) is 42.0 Å². The summed E-state index contributed by atoms with van der Waals surface area (Å²) in [4.78, 5) is 6.04. The third kappa shape index (κ3) is 1.85. The van der Waals surface area contributed by atoms with E-state index in [0.717, 1.165) is 12.2 Å². The van der Waals surface area contributed by atoms with Crippen LogP contribution in [0.3, 0.4) is 0 Å². The summed E-state index contributed by atoms with van der Waals surface area (Å²) < 4.78 is 0. The van der Waals surface area contributed by atoms with Gasteiger partial charge in [0.25, 0.3) is 0 Å². The lowest BCUT2D eigenvalue weighted by Gasteiger charge is -2.36. The smallest absolute Gasteiger partial charge is 0.107 e. The first kappa shape index (κ1) is 9.91. The molecule has 84 valence electrons. The number of hydrogen-bond acceptors (Lipinski definition) is 2. The lowest BCUT2D eigenvalue weighted by Crippen LogP contribution is -2.36. The second kappa shape index (κ2) is 4.30. The molecule has 2 aliphatic rings. The second-order valence-electron chi connectivity index (χ2n) is 4.52. The predicted octanol–water partition coefficient (Wildman–Crippen LogP) is 3.31. The summed E-state index contributed by atoms with van der Waals surface area (Å²) >= 11 is 0. The molecule has 1 atom stereocenters. The lowest BCUT2D eigenvalue weighted by atomic mass is 9.91. The van der Waals surface area contributed by atoms with E-state index in [-0.39, 0.29) is 0 Å². The van der Waals surface area contributed by atoms with Gasteiger partial charge in [0.05, 0.1) is 12.2 Å². The number of rotatable bonds is 1. The molecule has 0 spiro atoms. The van der Waals surface area contributed by atoms with Crippen molar-refractivity contribution in [3.63, 3.8) is 0 Å². The first-order valence-corrected chi connectivity index (χ1v) is 6.12. The molecule has 1 heterocycles. The minimum absolute atomic E-state index is 0.336. The molecular weight excluding hydrogens is 198 g/mol. The van der Waals surface area contributed by atoms with Gasteiger partial charge in [0.2, 0.25) is 0 Å². The normalized spacial score (nSPS) is 24.9. The Morgan fingerprint density at radius 3 is 2.88 bits per heavy atom. The average molecular weight is 215 g/mol. The molecule has 0 saturated heterocycles. The van der Waals surface area contributed by atoms with Crippen LogP contribution in [0.2, 0.25) is 0 Å². The Hall–Kier alpha value is -1.28. The van der Waals surface area contributed by atoms with E-state index >= 15 is 0 Å². The van der Waals surface area contributed by atoms with Crippen molar-refractivity contribution in [3.8, 4) is 0 Å². The van der Waals surface area contributed by atoms with Crippen molar-refractivity contribution in [2.45, 2.75) is 31.8 Å². The maximum absolute atomic E-state index is 6.04. The highest BCUT2D eigenvalue weighted by molar-refractivity contribution is 5.45. The van der Waals surface area contributed by atoms with E-state index in [9.17, 15) is 0 Å². The molecule has 1 aromatic rings. The first-order valence-electron chi connectivity index (χ1n) is 6.12. The minimum Gasteiger partial charge on any atom is -0.265 e. The van der Waals surface area contributed by atoms with Gasteiger partial charge in [-0.1, -0.05) is 30.7 Å². The summed E-state index contributed by atoms with van der Waals surface area (Å²) in [6, 6.07) is 10.3. The van der Waals surface area contributed by atoms with Crippen LogP contribution in [-0.2, 0) is 4.84 Å². The molecule has 1 fully saturated rings. The molecule has 1 saturated carbocycles. The standard InChI is InChI=1S/C14H17NO/c1-2-7-13(8-3-1)15-11-10-12-6-4-5-9-14(12)16-15/h1-3,7-8,10,14H,4-6,9,11H2/t14-/m1/s1. The quantitative estimate of drug-likeness (QED) is 0.666. The predicted molar refractivity (Wildman–Crippen MR) is 65.2 cm³/mol. The molecule has 3 rings (SSSR count). The third-order valence-corrected chi connectivity index (χ3v) is 3.41. The first-order chi connectivity index (χ1) is 7.93. The number of fused-ring (bicyclic) bond motifs is 1. The van der Waals surface area contributed by atoms with Gasteiger partial charge >= 0.3 is 0 Å². The zero-order valence-electron chi connectivity index (χ0n) is 9.43. The summed E-state index contributed by atoms with van der Waals surface area (Å²) in [7, 11) is 0. The maximum Gasteiger partial charge on any atom is 0.107 e. The van der Waals surface area contributed by atoms with E-state index in [1.807, 2.05) is 11.1 Å². The molecule has 0 aromatic heterocycles. The second-order valence-corrected chi connectivity index (χ2v) is 4.52. The van der Waals surface area contributed by atoms with Crippen molar-refractivity contribution in [1.29, 1.82) is 0 Å². The maximum atomic E-state index is 6.04. The molecule has 0 amide bonds. The van der Waals surface area contributed by atoms with Crippen LogP contribution in [0.25, 0.3) is 0 Å². The van der Waals surface area contributed by atoms with Crippen LogP contribution in [0.15, 0.2) is 42.0 Å². The van der Waals surface area contributed by atoms with Gasteiger partial charge in [0.15, 0.2) is 0 Å². The molecule has 1 aromatic carbocycles. The molecule has 2 nitrogen and oxygen atoms in total. The minimum atomic E-state index is 0.336. The van der Waals surface area contributed by atoms with Crippen LogP contribution in [0.5, 0.6) is 0 Å². The molecule has 0 N–H and O–H groups in total. The van der Waals surface area contributed by atoms with Crippen LogP contribution in [-0.4, -0.2) is 12.6 Å². The lowest BCUT2D eigenvalue weighted by molar-refractivity contribution is 0.0347. The molecule has 0 unspecified atom stereocenters. The fourth-order valence-corrected chi connectivity index (χ4v) is 2.52. The third-order valence-electron chi connectivity index (χ3n) is 3.41. The van der Waals surface area contributed by atoms with Gasteiger partial charge in [-0.3, -0.25) is 4.84 Å². The van der Waals surface area contributed by atoms with Crippen molar-refractivity contribution in [2.24, 2.45) is 0 Å².